The molecule has 9 heteroatoms. The zero-order chi connectivity index (χ0) is 25.4. The quantitative estimate of drug-likeness (QED) is 0.299. The van der Waals surface area contributed by atoms with Crippen LogP contribution in [0, 0.1) is 4.51 Å². The van der Waals surface area contributed by atoms with Gasteiger partial charge in [0.15, 0.2) is 6.10 Å². The lowest BCUT2D eigenvalue weighted by Crippen LogP contribution is -2.35. The predicted octanol–water partition coefficient (Wildman–Crippen LogP) is 5.98. The number of carbonyl (C=O) groups excluding carboxylic acids is 1. The van der Waals surface area contributed by atoms with Crippen molar-refractivity contribution in [3.8, 4) is 5.75 Å². The van der Waals surface area contributed by atoms with Crippen molar-refractivity contribution in [1.29, 1.82) is 0 Å². The highest BCUT2D eigenvalue weighted by Gasteiger charge is 2.27. The minimum absolute atomic E-state index is 0.125. The molecule has 2 aliphatic rings. The second-order valence-electron chi connectivity index (χ2n) is 9.33. The van der Waals surface area contributed by atoms with Crippen molar-refractivity contribution in [2.75, 3.05) is 26.3 Å². The van der Waals surface area contributed by atoms with Crippen molar-refractivity contribution < 1.29 is 14.3 Å². The van der Waals surface area contributed by atoms with Gasteiger partial charge in [0.25, 0.3) is 5.91 Å². The maximum absolute atomic E-state index is 13.4. The molecule has 4 heterocycles. The topological polar surface area (TPSA) is 55.7 Å². The molecule has 1 unspecified atom stereocenters. The van der Waals surface area contributed by atoms with E-state index >= 15 is 0 Å². The molecule has 0 radical (unpaired) electrons. The Hall–Kier alpha value is -2.75. The molecular formula is C28H26ClN3O3S2. The van der Waals surface area contributed by atoms with Crippen LogP contribution >= 0.6 is 35.2 Å². The molecule has 4 aromatic rings. The highest BCUT2D eigenvalue weighted by atomic mass is 35.5. The second-order valence-corrected chi connectivity index (χ2v) is 11.2. The van der Waals surface area contributed by atoms with Crippen LogP contribution in [0.4, 0.5) is 0 Å². The first kappa shape index (κ1) is 24.6. The number of morpholine rings is 1. The molecule has 1 fully saturated rings. The van der Waals surface area contributed by atoms with Gasteiger partial charge in [-0.1, -0.05) is 42.0 Å². The van der Waals surface area contributed by atoms with Gasteiger partial charge in [0.2, 0.25) is 0 Å². The molecule has 2 aromatic carbocycles. The lowest BCUT2D eigenvalue weighted by atomic mass is 10.0. The van der Waals surface area contributed by atoms with Gasteiger partial charge in [0.1, 0.15) is 5.75 Å². The van der Waals surface area contributed by atoms with Crippen LogP contribution in [0.3, 0.4) is 0 Å². The zero-order valence-corrected chi connectivity index (χ0v) is 22.5. The standard InChI is InChI=1S/C28H26ClN3O3S2/c29-20-5-3-18(4-6-20)14-30-28(33)22-16-32-17-24(25-2-1-11-37-25)35-23-13-19(12-21(26(23)32)27(22)36)15-31-7-9-34-10-8-31/h1-6,11-13,16,24H,7-10,14-15,17H2,(H,30,33). The monoisotopic (exact) mass is 551 g/mol. The van der Waals surface area contributed by atoms with Crippen molar-refractivity contribution in [1.82, 2.24) is 14.8 Å². The van der Waals surface area contributed by atoms with Crippen molar-refractivity contribution >= 4 is 52.0 Å². The van der Waals surface area contributed by atoms with E-state index in [-0.39, 0.29) is 12.0 Å². The van der Waals surface area contributed by atoms with Crippen LogP contribution in [0.2, 0.25) is 5.02 Å². The van der Waals surface area contributed by atoms with Crippen LogP contribution in [-0.4, -0.2) is 41.7 Å². The van der Waals surface area contributed by atoms with E-state index in [2.05, 4.69) is 38.4 Å². The van der Waals surface area contributed by atoms with Gasteiger partial charge in [0.05, 0.1) is 35.3 Å². The smallest absolute Gasteiger partial charge is 0.254 e. The molecule has 1 atom stereocenters. The number of thiophene rings is 1. The van der Waals surface area contributed by atoms with E-state index in [9.17, 15) is 4.79 Å². The molecule has 0 saturated carbocycles. The molecule has 190 valence electrons. The number of nitrogens with zero attached hydrogens (tertiary/aromatic N) is 2. The van der Waals surface area contributed by atoms with E-state index in [4.69, 9.17) is 33.3 Å². The summed E-state index contributed by atoms with van der Waals surface area (Å²) >= 11 is 13.6. The molecule has 0 aliphatic carbocycles. The van der Waals surface area contributed by atoms with Gasteiger partial charge in [0, 0.05) is 47.7 Å². The number of halogens is 1. The number of benzene rings is 2. The largest absolute Gasteiger partial charge is 0.481 e. The molecule has 1 saturated heterocycles. The molecule has 1 N–H and O–H groups in total. The summed E-state index contributed by atoms with van der Waals surface area (Å²) in [6.45, 7) is 5.04. The summed E-state index contributed by atoms with van der Waals surface area (Å²) in [5.41, 5.74) is 3.53. The Morgan fingerprint density at radius 3 is 2.70 bits per heavy atom. The average molecular weight is 552 g/mol. The van der Waals surface area contributed by atoms with Crippen LogP contribution in [0.15, 0.2) is 60.1 Å². The third-order valence-corrected chi connectivity index (χ3v) is 8.47. The van der Waals surface area contributed by atoms with E-state index in [0.717, 1.165) is 65.5 Å². The summed E-state index contributed by atoms with van der Waals surface area (Å²) in [5, 5.41) is 6.63. The van der Waals surface area contributed by atoms with E-state index in [0.29, 0.717) is 28.2 Å². The Bertz CT molecular complexity index is 1500. The minimum Gasteiger partial charge on any atom is -0.481 e. The molecule has 2 aliphatic heterocycles. The number of rotatable bonds is 6. The number of hydrogen-bond acceptors (Lipinski definition) is 6. The Morgan fingerprint density at radius 2 is 1.95 bits per heavy atom. The number of amides is 1. The number of nitrogens with one attached hydrogen (secondary N) is 1. The van der Waals surface area contributed by atoms with Crippen LogP contribution in [0.1, 0.15) is 32.5 Å². The minimum atomic E-state index is -0.190. The van der Waals surface area contributed by atoms with Crippen molar-refractivity contribution in [2.45, 2.75) is 25.7 Å². The van der Waals surface area contributed by atoms with Gasteiger partial charge in [-0.05, 0) is 46.8 Å². The summed E-state index contributed by atoms with van der Waals surface area (Å²) in [5.74, 6) is 0.620. The van der Waals surface area contributed by atoms with E-state index in [1.807, 2.05) is 36.5 Å². The third-order valence-electron chi connectivity index (χ3n) is 6.81. The summed E-state index contributed by atoms with van der Waals surface area (Å²) in [6.07, 6.45) is 1.76. The first-order chi connectivity index (χ1) is 18.0. The number of aromatic nitrogens is 1. The second kappa shape index (κ2) is 10.6. The van der Waals surface area contributed by atoms with Gasteiger partial charge in [-0.3, -0.25) is 9.69 Å². The molecule has 0 bridgehead atoms. The highest BCUT2D eigenvalue weighted by molar-refractivity contribution is 7.71. The van der Waals surface area contributed by atoms with Crippen molar-refractivity contribution in [3.63, 3.8) is 0 Å². The summed E-state index contributed by atoms with van der Waals surface area (Å²) in [4.78, 5) is 16.9. The Balaban J connectivity index is 1.38. The zero-order valence-electron chi connectivity index (χ0n) is 20.1. The van der Waals surface area contributed by atoms with Gasteiger partial charge >= 0.3 is 0 Å². The van der Waals surface area contributed by atoms with Gasteiger partial charge in [-0.15, -0.1) is 11.3 Å². The van der Waals surface area contributed by atoms with Crippen LogP contribution < -0.4 is 10.1 Å². The first-order valence-corrected chi connectivity index (χ1v) is 13.9. The lowest BCUT2D eigenvalue weighted by Gasteiger charge is -2.30. The number of pyridine rings is 1. The summed E-state index contributed by atoms with van der Waals surface area (Å²) in [6, 6.07) is 15.8. The van der Waals surface area contributed by atoms with Gasteiger partial charge < -0.3 is 19.4 Å². The fraction of sp³-hybridized carbons (Fsp3) is 0.286. The van der Waals surface area contributed by atoms with E-state index < -0.39 is 0 Å². The number of hydrogen-bond donors (Lipinski definition) is 1. The van der Waals surface area contributed by atoms with Crippen molar-refractivity contribution in [3.05, 3.63) is 91.2 Å². The Kier molecular flexibility index (Phi) is 7.01. The lowest BCUT2D eigenvalue weighted by molar-refractivity contribution is 0.0341. The van der Waals surface area contributed by atoms with Crippen molar-refractivity contribution in [2.24, 2.45) is 0 Å². The predicted molar refractivity (Wildman–Crippen MR) is 149 cm³/mol. The molecule has 0 spiro atoms. The van der Waals surface area contributed by atoms with E-state index in [1.165, 1.54) is 0 Å². The van der Waals surface area contributed by atoms with Gasteiger partial charge in [-0.2, -0.15) is 0 Å². The van der Waals surface area contributed by atoms with E-state index in [1.54, 1.807) is 11.3 Å². The first-order valence-electron chi connectivity index (χ1n) is 12.3. The van der Waals surface area contributed by atoms with Crippen LogP contribution in [-0.2, 0) is 24.4 Å². The number of carbonyl (C=O) groups is 1. The molecule has 37 heavy (non-hydrogen) atoms. The van der Waals surface area contributed by atoms with Crippen LogP contribution in [0.25, 0.3) is 10.9 Å². The maximum atomic E-state index is 13.4. The average Bonchev–Trinajstić information content (AvgIpc) is 3.45. The normalized spacial score (nSPS) is 17.5. The number of ether oxygens (including phenoxy) is 2. The van der Waals surface area contributed by atoms with Crippen LogP contribution in [0.5, 0.6) is 5.75 Å². The maximum Gasteiger partial charge on any atom is 0.254 e. The summed E-state index contributed by atoms with van der Waals surface area (Å²) < 4.78 is 14.7. The summed E-state index contributed by atoms with van der Waals surface area (Å²) in [7, 11) is 0. The fourth-order valence-corrected chi connectivity index (χ4v) is 6.11. The molecular weight excluding hydrogens is 526 g/mol. The highest BCUT2D eigenvalue weighted by Crippen LogP contribution is 2.39. The molecule has 1 amide bonds. The molecule has 6 nitrogen and oxygen atoms in total. The third kappa shape index (κ3) is 5.17. The molecule has 6 rings (SSSR count). The fourth-order valence-electron chi connectivity index (χ4n) is 4.93. The SMILES string of the molecule is O=C(NCc1ccc(Cl)cc1)c1cn2c3c(cc(CN4CCOCC4)cc3c1=S)OC(c1cccs1)C2. The Labute approximate surface area is 229 Å². The van der Waals surface area contributed by atoms with Gasteiger partial charge in [-0.25, -0.2) is 0 Å². The Morgan fingerprint density at radius 1 is 1.14 bits per heavy atom. The molecule has 2 aromatic heterocycles.